The molecule has 0 saturated carbocycles. The first-order chi connectivity index (χ1) is 13.5. The van der Waals surface area contributed by atoms with Gasteiger partial charge in [-0.25, -0.2) is 9.78 Å². The van der Waals surface area contributed by atoms with Crippen LogP contribution in [0.2, 0.25) is 0 Å². The van der Waals surface area contributed by atoms with Gasteiger partial charge in [0.15, 0.2) is 11.5 Å². The molecule has 0 aliphatic carbocycles. The highest BCUT2D eigenvalue weighted by atomic mass is 32.1. The number of para-hydroxylation sites is 1. The summed E-state index contributed by atoms with van der Waals surface area (Å²) < 4.78 is 11.3. The van der Waals surface area contributed by atoms with Crippen LogP contribution in [0.15, 0.2) is 48.5 Å². The van der Waals surface area contributed by atoms with E-state index in [0.717, 1.165) is 22.5 Å². The highest BCUT2D eigenvalue weighted by molar-refractivity contribution is 7.15. The first-order valence-corrected chi connectivity index (χ1v) is 9.62. The summed E-state index contributed by atoms with van der Waals surface area (Å²) >= 11 is 1.14. The normalized spacial score (nSPS) is 11.1. The fourth-order valence-electron chi connectivity index (χ4n) is 2.69. The van der Waals surface area contributed by atoms with Crippen molar-refractivity contribution >= 4 is 29.5 Å². The maximum atomic E-state index is 11.7. The predicted molar refractivity (Wildman–Crippen MR) is 112 cm³/mol. The maximum absolute atomic E-state index is 11.7. The zero-order chi connectivity index (χ0) is 20.1. The van der Waals surface area contributed by atoms with Crippen molar-refractivity contribution in [2.45, 2.75) is 20.0 Å². The Balaban J connectivity index is 1.99. The summed E-state index contributed by atoms with van der Waals surface area (Å²) in [6.07, 6.45) is 3.65. The van der Waals surface area contributed by atoms with E-state index in [1.54, 1.807) is 13.2 Å². The molecule has 3 rings (SSSR count). The van der Waals surface area contributed by atoms with Crippen molar-refractivity contribution in [3.05, 3.63) is 64.0 Å². The average Bonchev–Trinajstić information content (AvgIpc) is 3.12. The molecular weight excluding hydrogens is 374 g/mol. The van der Waals surface area contributed by atoms with E-state index >= 15 is 0 Å². The monoisotopic (exact) mass is 395 g/mol. The third kappa shape index (κ3) is 4.40. The Morgan fingerprint density at radius 2 is 1.86 bits per heavy atom. The molecule has 3 aromatic rings. The van der Waals surface area contributed by atoms with Gasteiger partial charge in [-0.05, 0) is 32.1 Å². The second kappa shape index (κ2) is 8.71. The molecule has 28 heavy (non-hydrogen) atoms. The van der Waals surface area contributed by atoms with E-state index in [1.165, 1.54) is 0 Å². The van der Waals surface area contributed by atoms with E-state index < -0.39 is 5.97 Å². The van der Waals surface area contributed by atoms with Crippen LogP contribution < -0.4 is 9.47 Å². The van der Waals surface area contributed by atoms with Gasteiger partial charge < -0.3 is 14.6 Å². The SMILES string of the molecule is COc1cccc(/C=C/c2nc(-c3ccccc3)c(C(=O)O)s2)c1OC(C)C. The topological polar surface area (TPSA) is 68.7 Å². The molecule has 1 heterocycles. The lowest BCUT2D eigenvalue weighted by Crippen LogP contribution is -2.07. The summed E-state index contributed by atoms with van der Waals surface area (Å²) in [6.45, 7) is 3.90. The van der Waals surface area contributed by atoms with Crippen molar-refractivity contribution in [2.24, 2.45) is 0 Å². The van der Waals surface area contributed by atoms with E-state index in [1.807, 2.05) is 68.5 Å². The summed E-state index contributed by atoms with van der Waals surface area (Å²) in [5, 5.41) is 10.2. The van der Waals surface area contributed by atoms with Crippen molar-refractivity contribution in [3.8, 4) is 22.8 Å². The van der Waals surface area contributed by atoms with E-state index in [0.29, 0.717) is 22.2 Å². The fraction of sp³-hybridized carbons (Fsp3) is 0.182. The molecule has 0 bridgehead atoms. The van der Waals surface area contributed by atoms with Gasteiger partial charge >= 0.3 is 5.97 Å². The summed E-state index contributed by atoms with van der Waals surface area (Å²) in [5.74, 6) is 0.307. The van der Waals surface area contributed by atoms with Gasteiger partial charge in [0.25, 0.3) is 0 Å². The molecule has 144 valence electrons. The Hall–Kier alpha value is -3.12. The minimum atomic E-state index is -0.985. The van der Waals surface area contributed by atoms with Crippen LogP contribution in [-0.4, -0.2) is 29.3 Å². The van der Waals surface area contributed by atoms with Crippen molar-refractivity contribution in [3.63, 3.8) is 0 Å². The third-order valence-electron chi connectivity index (χ3n) is 3.87. The van der Waals surface area contributed by atoms with Crippen molar-refractivity contribution in [2.75, 3.05) is 7.11 Å². The summed E-state index contributed by atoms with van der Waals surface area (Å²) in [4.78, 5) is 16.4. The molecule has 0 aliphatic rings. The van der Waals surface area contributed by atoms with E-state index in [-0.39, 0.29) is 11.0 Å². The third-order valence-corrected chi connectivity index (χ3v) is 4.88. The van der Waals surface area contributed by atoms with Crippen LogP contribution in [0.1, 0.15) is 34.1 Å². The summed E-state index contributed by atoms with van der Waals surface area (Å²) in [6, 6.07) is 15.0. The number of rotatable bonds is 7. The molecule has 0 amide bonds. The molecule has 5 nitrogen and oxygen atoms in total. The van der Waals surface area contributed by atoms with E-state index in [4.69, 9.17) is 9.47 Å². The quantitative estimate of drug-likeness (QED) is 0.574. The van der Waals surface area contributed by atoms with Crippen molar-refractivity contribution in [1.29, 1.82) is 0 Å². The highest BCUT2D eigenvalue weighted by Gasteiger charge is 2.18. The number of thiazole rings is 1. The number of nitrogens with zero attached hydrogens (tertiary/aromatic N) is 1. The second-order valence-corrected chi connectivity index (χ2v) is 7.31. The lowest BCUT2D eigenvalue weighted by Gasteiger charge is -2.15. The maximum Gasteiger partial charge on any atom is 0.348 e. The van der Waals surface area contributed by atoms with Gasteiger partial charge in [0.2, 0.25) is 0 Å². The summed E-state index contributed by atoms with van der Waals surface area (Å²) in [7, 11) is 1.60. The molecule has 0 atom stereocenters. The number of carboxylic acid groups (broad SMARTS) is 1. The summed E-state index contributed by atoms with van der Waals surface area (Å²) in [5.41, 5.74) is 2.09. The van der Waals surface area contributed by atoms with Gasteiger partial charge in [-0.1, -0.05) is 42.5 Å². The highest BCUT2D eigenvalue weighted by Crippen LogP contribution is 2.34. The Morgan fingerprint density at radius 1 is 1.11 bits per heavy atom. The van der Waals surface area contributed by atoms with Crippen molar-refractivity contribution < 1.29 is 19.4 Å². The molecule has 0 radical (unpaired) electrons. The molecule has 6 heteroatoms. The fourth-order valence-corrected chi connectivity index (χ4v) is 3.52. The van der Waals surface area contributed by atoms with Gasteiger partial charge in [0, 0.05) is 11.1 Å². The van der Waals surface area contributed by atoms with Gasteiger partial charge in [-0.15, -0.1) is 11.3 Å². The number of ether oxygens (including phenoxy) is 2. The van der Waals surface area contributed by atoms with Gasteiger partial charge in [-0.3, -0.25) is 0 Å². The molecule has 0 fully saturated rings. The molecule has 0 unspecified atom stereocenters. The second-order valence-electron chi connectivity index (χ2n) is 6.28. The Kier molecular flexibility index (Phi) is 6.11. The van der Waals surface area contributed by atoms with Crippen LogP contribution in [0.25, 0.3) is 23.4 Å². The lowest BCUT2D eigenvalue weighted by molar-refractivity contribution is 0.0702. The number of hydrogen-bond acceptors (Lipinski definition) is 5. The number of benzene rings is 2. The largest absolute Gasteiger partial charge is 0.493 e. The van der Waals surface area contributed by atoms with Crippen LogP contribution in [0, 0.1) is 0 Å². The van der Waals surface area contributed by atoms with Crippen LogP contribution in [-0.2, 0) is 0 Å². The zero-order valence-corrected chi connectivity index (χ0v) is 16.7. The van der Waals surface area contributed by atoms with Crippen LogP contribution in [0.4, 0.5) is 0 Å². The van der Waals surface area contributed by atoms with Crippen molar-refractivity contribution in [1.82, 2.24) is 4.98 Å². The molecular formula is C22H21NO4S. The van der Waals surface area contributed by atoms with Crippen LogP contribution in [0.5, 0.6) is 11.5 Å². The Morgan fingerprint density at radius 3 is 2.50 bits per heavy atom. The minimum absolute atomic E-state index is 0.00777. The average molecular weight is 395 g/mol. The Labute approximate surface area is 167 Å². The number of aromatic nitrogens is 1. The smallest absolute Gasteiger partial charge is 0.348 e. The minimum Gasteiger partial charge on any atom is -0.493 e. The first-order valence-electron chi connectivity index (χ1n) is 8.81. The van der Waals surface area contributed by atoms with Crippen LogP contribution >= 0.6 is 11.3 Å². The zero-order valence-electron chi connectivity index (χ0n) is 15.9. The number of carboxylic acids is 1. The van der Waals surface area contributed by atoms with Gasteiger partial charge in [0.1, 0.15) is 9.88 Å². The number of carbonyl (C=O) groups is 1. The molecule has 0 aliphatic heterocycles. The first kappa shape index (κ1) is 19.6. The van der Waals surface area contributed by atoms with Gasteiger partial charge in [0.05, 0.1) is 18.9 Å². The number of aromatic carboxylic acids is 1. The molecule has 2 aromatic carbocycles. The van der Waals surface area contributed by atoms with Gasteiger partial charge in [-0.2, -0.15) is 0 Å². The predicted octanol–water partition coefficient (Wildman–Crippen LogP) is 5.47. The van der Waals surface area contributed by atoms with E-state index in [2.05, 4.69) is 4.98 Å². The standard InChI is InChI=1S/C22H21NO4S/c1-14(2)27-20-16(10-7-11-17(20)26-3)12-13-18-23-19(21(28-18)22(24)25)15-8-5-4-6-9-15/h4-14H,1-3H3,(H,24,25)/b13-12+. The Bertz CT molecular complexity index is 993. The molecule has 0 spiro atoms. The number of hydrogen-bond donors (Lipinski definition) is 1. The lowest BCUT2D eigenvalue weighted by atomic mass is 10.1. The number of methoxy groups -OCH3 is 1. The molecule has 0 saturated heterocycles. The molecule has 1 aromatic heterocycles. The van der Waals surface area contributed by atoms with E-state index in [9.17, 15) is 9.90 Å². The van der Waals surface area contributed by atoms with Crippen LogP contribution in [0.3, 0.4) is 0 Å². The molecule has 1 N–H and O–H groups in total.